The molecule has 0 radical (unpaired) electrons. The van der Waals surface area contributed by atoms with Gasteiger partial charge in [-0.05, 0) is 0 Å². The van der Waals surface area contributed by atoms with E-state index in [1.165, 1.54) is 0 Å². The van der Waals surface area contributed by atoms with Gasteiger partial charge in [-0.15, -0.1) is 12.4 Å². The molecule has 0 fully saturated rings. The summed E-state index contributed by atoms with van der Waals surface area (Å²) < 4.78 is 0. The van der Waals surface area contributed by atoms with Crippen LogP contribution in [0.2, 0.25) is 0 Å². The van der Waals surface area contributed by atoms with Crippen LogP contribution in [0.4, 0.5) is 0 Å². The normalized spacial score (nSPS) is 6.43. The van der Waals surface area contributed by atoms with Crippen molar-refractivity contribution in [1.29, 1.82) is 0 Å². The van der Waals surface area contributed by atoms with Crippen molar-refractivity contribution < 1.29 is 151 Å². The third kappa shape index (κ3) is 550000. The Morgan fingerprint density at radius 3 is 0.143 bits per heavy atom. The molecule has 42 heavy (non-hydrogen) atoms. The van der Waals surface area contributed by atoms with E-state index >= 15 is 0 Å². The summed E-state index contributed by atoms with van der Waals surface area (Å²) in [4.78, 5) is 0. The first-order valence-electron chi connectivity index (χ1n) is 7.75. The Kier molecular flexibility index (Phi) is 137. The van der Waals surface area contributed by atoms with Gasteiger partial charge in [-0.3, -0.25) is 0 Å². The summed E-state index contributed by atoms with van der Waals surface area (Å²) in [5.41, 5.74) is 0. The van der Waals surface area contributed by atoms with Crippen molar-refractivity contribution in [3.05, 3.63) is 0 Å². The average molecular weight is 663 g/mol. The van der Waals surface area contributed by atoms with Crippen molar-refractivity contribution in [1.82, 2.24) is 0 Å². The molecule has 30 nitrogen and oxygen atoms in total. The standard InChI is InChI=1S/10BH3O3.ClH.Li.H/c10*2-1(3)4;;;/h10*2-4H;1H;;. The summed E-state index contributed by atoms with van der Waals surface area (Å²) in [6.07, 6.45) is 0. The Bertz CT molecular complexity index is 193. The van der Waals surface area contributed by atoms with Crippen LogP contribution in [-0.2, 0) is 0 Å². The quantitative estimate of drug-likeness (QED) is 0.107. The fourth-order valence-corrected chi connectivity index (χ4v) is 0. The van der Waals surface area contributed by atoms with Gasteiger partial charge < -0.3 is 151 Å². The summed E-state index contributed by atoms with van der Waals surface area (Å²) in [5.74, 6) is 0. The number of hydrogen-bond acceptors (Lipinski definition) is 30. The van der Waals surface area contributed by atoms with Gasteiger partial charge in [0.25, 0.3) is 0 Å². The van der Waals surface area contributed by atoms with Crippen molar-refractivity contribution in [2.75, 3.05) is 0 Å². The summed E-state index contributed by atoms with van der Waals surface area (Å²) in [7, 11) is -21.7. The van der Waals surface area contributed by atoms with Crippen LogP contribution in [-0.4, -0.2) is 243 Å². The van der Waals surface area contributed by atoms with Crippen molar-refractivity contribution in [2.45, 2.75) is 0 Å². The Morgan fingerprint density at radius 1 is 0.143 bits per heavy atom. The topological polar surface area (TPSA) is 607 Å². The van der Waals surface area contributed by atoms with Gasteiger partial charge in [0.05, 0.1) is 0 Å². The van der Waals surface area contributed by atoms with Gasteiger partial charge in [-0.2, -0.15) is 0 Å². The molecule has 0 aromatic rings. The molecule has 0 unspecified atom stereocenters. The molecule has 0 aliphatic carbocycles. The number of rotatable bonds is 0. The van der Waals surface area contributed by atoms with Gasteiger partial charge >= 0.3 is 92.1 Å². The van der Waals surface area contributed by atoms with E-state index in [0.717, 1.165) is 0 Å². The van der Waals surface area contributed by atoms with Gasteiger partial charge in [0, 0.05) is 0 Å². The average Bonchev–Trinajstić information content (AvgIpc) is 2.47. The molecule has 0 saturated carbocycles. The van der Waals surface area contributed by atoms with E-state index in [1.807, 2.05) is 0 Å². The molecule has 0 spiro atoms. The first-order valence-corrected chi connectivity index (χ1v) is 7.75. The van der Waals surface area contributed by atoms with Crippen LogP contribution in [0.5, 0.6) is 0 Å². The molecule has 0 saturated heterocycles. The molecule has 0 aliphatic rings. The molecule has 0 aliphatic heterocycles. The van der Waals surface area contributed by atoms with Crippen LogP contribution < -0.4 is 0 Å². The fraction of sp³-hybridized carbons (Fsp3) is 0. The minimum absolute atomic E-state index is 0. The molecule has 0 amide bonds. The van der Waals surface area contributed by atoms with Crippen LogP contribution in [0.25, 0.3) is 0 Å². The van der Waals surface area contributed by atoms with E-state index in [1.54, 1.807) is 0 Å². The summed E-state index contributed by atoms with van der Waals surface area (Å²) in [6, 6.07) is 0. The molecule has 0 rings (SSSR count). The first-order chi connectivity index (χ1) is 17.3. The van der Waals surface area contributed by atoms with E-state index in [0.29, 0.717) is 0 Å². The molecular formula is H32B10ClLiO30. The molecule has 0 aromatic heterocycles. The minimum atomic E-state index is -2.17. The zero-order valence-corrected chi connectivity index (χ0v) is 20.4. The van der Waals surface area contributed by atoms with Crippen LogP contribution in [0.3, 0.4) is 0 Å². The van der Waals surface area contributed by atoms with Crippen molar-refractivity contribution in [3.8, 4) is 0 Å². The number of hydrogen-bond donors (Lipinski definition) is 30. The van der Waals surface area contributed by atoms with Gasteiger partial charge in [0.15, 0.2) is 0 Å². The first kappa shape index (κ1) is 78.6. The predicted octanol–water partition coefficient (Wildman–Crippen LogP) is -20.7. The molecular weight excluding hydrogens is 630 g/mol. The zero-order valence-electron chi connectivity index (χ0n) is 19.6. The van der Waals surface area contributed by atoms with Crippen LogP contribution in [0.15, 0.2) is 0 Å². The second-order valence-corrected chi connectivity index (χ2v) is 3.46. The maximum absolute atomic E-state index is 7.17. The molecule has 30 N–H and O–H groups in total. The molecule has 0 bridgehead atoms. The van der Waals surface area contributed by atoms with Crippen LogP contribution in [0, 0.1) is 0 Å². The van der Waals surface area contributed by atoms with Crippen LogP contribution >= 0.6 is 12.4 Å². The van der Waals surface area contributed by atoms with Crippen molar-refractivity contribution in [3.63, 3.8) is 0 Å². The maximum atomic E-state index is 7.17. The Balaban J connectivity index is -0.0000000237. The van der Waals surface area contributed by atoms with Crippen molar-refractivity contribution >= 4 is 104 Å². The van der Waals surface area contributed by atoms with Crippen molar-refractivity contribution in [2.24, 2.45) is 0 Å². The zero-order chi connectivity index (χ0) is 35.8. The predicted molar refractivity (Wildman–Crippen MR) is 139 cm³/mol. The Hall–Kier alpha value is 0.337. The number of halogens is 1. The van der Waals surface area contributed by atoms with Gasteiger partial charge in [0.1, 0.15) is 0 Å². The molecule has 0 atom stereocenters. The van der Waals surface area contributed by atoms with E-state index in [2.05, 4.69) is 0 Å². The summed E-state index contributed by atoms with van der Waals surface area (Å²) >= 11 is 0. The molecule has 250 valence electrons. The Labute approximate surface area is 255 Å². The van der Waals surface area contributed by atoms with Gasteiger partial charge in [0.2, 0.25) is 0 Å². The SMILES string of the molecule is Cl.OB(O)O.OB(O)O.OB(O)O.OB(O)O.OB(O)O.OB(O)O.OB(O)O.OB(O)O.OB(O)O.OB(O)O.[LiH]. The molecule has 0 aromatic carbocycles. The van der Waals surface area contributed by atoms with E-state index < -0.39 is 73.2 Å². The second-order valence-electron chi connectivity index (χ2n) is 3.46. The van der Waals surface area contributed by atoms with Gasteiger partial charge in [-0.1, -0.05) is 0 Å². The van der Waals surface area contributed by atoms with E-state index in [9.17, 15) is 0 Å². The van der Waals surface area contributed by atoms with E-state index in [4.69, 9.17) is 151 Å². The fourth-order valence-electron chi connectivity index (χ4n) is 0. The van der Waals surface area contributed by atoms with Crippen LogP contribution in [0.1, 0.15) is 0 Å². The summed E-state index contributed by atoms with van der Waals surface area (Å²) in [5, 5.41) is 215. The monoisotopic (exact) mass is 664 g/mol. The molecule has 0 heterocycles. The second kappa shape index (κ2) is 73.1. The Morgan fingerprint density at radius 2 is 0.143 bits per heavy atom. The molecule has 42 heteroatoms. The van der Waals surface area contributed by atoms with E-state index in [-0.39, 0.29) is 31.3 Å². The third-order valence-corrected chi connectivity index (χ3v) is 0. The van der Waals surface area contributed by atoms with Gasteiger partial charge in [-0.25, -0.2) is 0 Å². The summed E-state index contributed by atoms with van der Waals surface area (Å²) in [6.45, 7) is 0. The third-order valence-electron chi connectivity index (χ3n) is 0.